The minimum absolute atomic E-state index is 0.464. The number of benzene rings is 1. The highest BCUT2D eigenvalue weighted by atomic mass is 16.5. The maximum Gasteiger partial charge on any atom is 0.180 e. The van der Waals surface area contributed by atoms with Gasteiger partial charge in [0.25, 0.3) is 0 Å². The van der Waals surface area contributed by atoms with Crippen molar-refractivity contribution >= 4 is 0 Å². The van der Waals surface area contributed by atoms with Crippen LogP contribution in [0, 0.1) is 17.2 Å². The predicted octanol–water partition coefficient (Wildman–Crippen LogP) is 1.93. The predicted molar refractivity (Wildman–Crippen MR) is 84.1 cm³/mol. The van der Waals surface area contributed by atoms with E-state index in [2.05, 4.69) is 45.0 Å². The Morgan fingerprint density at radius 2 is 2.05 bits per heavy atom. The maximum absolute atomic E-state index is 9.80. The quantitative estimate of drug-likeness (QED) is 0.868. The van der Waals surface area contributed by atoms with Crippen LogP contribution in [0.1, 0.15) is 38.3 Å². The lowest BCUT2D eigenvalue weighted by molar-refractivity contribution is -0.899. The van der Waals surface area contributed by atoms with Gasteiger partial charge in [-0.05, 0) is 25.8 Å². The Balaban J connectivity index is 2.18. The molecule has 0 saturated heterocycles. The van der Waals surface area contributed by atoms with Gasteiger partial charge < -0.3 is 9.64 Å². The largest absolute Gasteiger partial charge is 0.356 e. The average Bonchev–Trinajstić information content (AvgIpc) is 2.52. The Morgan fingerprint density at radius 1 is 1.33 bits per heavy atom. The van der Waals surface area contributed by atoms with E-state index in [9.17, 15) is 5.26 Å². The third-order valence-corrected chi connectivity index (χ3v) is 4.63. The summed E-state index contributed by atoms with van der Waals surface area (Å²) >= 11 is 0. The SMILES string of the molecule is CC[NH+](CC)C[C@@H](C)C[C@]1(C#N)OCCc2ccccc21. The van der Waals surface area contributed by atoms with Crippen LogP contribution in [0.3, 0.4) is 0 Å². The fourth-order valence-electron chi connectivity index (χ4n) is 3.45. The molecule has 2 atom stereocenters. The molecular formula is C18H27N2O+. The molecule has 21 heavy (non-hydrogen) atoms. The zero-order valence-electron chi connectivity index (χ0n) is 13.5. The number of fused-ring (bicyclic) bond motifs is 1. The van der Waals surface area contributed by atoms with Crippen molar-refractivity contribution < 1.29 is 9.64 Å². The average molecular weight is 287 g/mol. The minimum atomic E-state index is -0.749. The van der Waals surface area contributed by atoms with Crippen LogP contribution in [0.5, 0.6) is 0 Å². The zero-order chi connectivity index (χ0) is 15.3. The number of quaternary nitrogens is 1. The first-order valence-electron chi connectivity index (χ1n) is 8.12. The second kappa shape index (κ2) is 7.06. The van der Waals surface area contributed by atoms with Crippen molar-refractivity contribution in [1.82, 2.24) is 0 Å². The molecule has 3 heteroatoms. The lowest BCUT2D eigenvalue weighted by Crippen LogP contribution is -3.12. The van der Waals surface area contributed by atoms with Crippen molar-refractivity contribution in [3.05, 3.63) is 35.4 Å². The Bertz CT molecular complexity index is 504. The molecule has 1 aromatic rings. The molecule has 1 aliphatic heterocycles. The highest BCUT2D eigenvalue weighted by molar-refractivity contribution is 5.38. The van der Waals surface area contributed by atoms with Gasteiger partial charge in [0.05, 0.1) is 26.2 Å². The second-order valence-electron chi connectivity index (χ2n) is 6.16. The van der Waals surface area contributed by atoms with Gasteiger partial charge in [0, 0.05) is 17.9 Å². The van der Waals surface area contributed by atoms with Gasteiger partial charge in [-0.25, -0.2) is 0 Å². The lowest BCUT2D eigenvalue weighted by Gasteiger charge is -2.35. The highest BCUT2D eigenvalue weighted by Crippen LogP contribution is 2.37. The molecule has 0 radical (unpaired) electrons. The van der Waals surface area contributed by atoms with E-state index < -0.39 is 5.60 Å². The summed E-state index contributed by atoms with van der Waals surface area (Å²) in [5.74, 6) is 0.464. The van der Waals surface area contributed by atoms with Gasteiger partial charge in [0.15, 0.2) is 5.60 Å². The van der Waals surface area contributed by atoms with Crippen LogP contribution >= 0.6 is 0 Å². The number of hydrogen-bond acceptors (Lipinski definition) is 2. The van der Waals surface area contributed by atoms with E-state index in [0.29, 0.717) is 12.5 Å². The molecule has 0 bridgehead atoms. The minimum Gasteiger partial charge on any atom is -0.356 e. The summed E-state index contributed by atoms with van der Waals surface area (Å²) in [5.41, 5.74) is 1.61. The first-order chi connectivity index (χ1) is 10.1. The van der Waals surface area contributed by atoms with E-state index >= 15 is 0 Å². The summed E-state index contributed by atoms with van der Waals surface area (Å²) in [6.07, 6.45) is 1.69. The lowest BCUT2D eigenvalue weighted by atomic mass is 9.81. The van der Waals surface area contributed by atoms with E-state index in [-0.39, 0.29) is 0 Å². The van der Waals surface area contributed by atoms with Gasteiger partial charge in [-0.1, -0.05) is 31.2 Å². The Morgan fingerprint density at radius 3 is 2.71 bits per heavy atom. The molecular weight excluding hydrogens is 260 g/mol. The fourth-order valence-corrected chi connectivity index (χ4v) is 3.45. The smallest absolute Gasteiger partial charge is 0.180 e. The summed E-state index contributed by atoms with van der Waals surface area (Å²) in [7, 11) is 0. The van der Waals surface area contributed by atoms with Crippen molar-refractivity contribution in [1.29, 1.82) is 5.26 Å². The molecule has 0 fully saturated rings. The van der Waals surface area contributed by atoms with E-state index in [4.69, 9.17) is 4.74 Å². The summed E-state index contributed by atoms with van der Waals surface area (Å²) in [5, 5.41) is 9.80. The van der Waals surface area contributed by atoms with Crippen molar-refractivity contribution in [3.8, 4) is 6.07 Å². The maximum atomic E-state index is 9.80. The summed E-state index contributed by atoms with van der Waals surface area (Å²) in [6, 6.07) is 10.7. The summed E-state index contributed by atoms with van der Waals surface area (Å²) in [4.78, 5) is 1.58. The van der Waals surface area contributed by atoms with Gasteiger partial charge in [-0.15, -0.1) is 0 Å². The van der Waals surface area contributed by atoms with Gasteiger partial charge in [0.1, 0.15) is 6.07 Å². The normalized spacial score (nSPS) is 22.6. The molecule has 1 aliphatic rings. The molecule has 0 aromatic heterocycles. The Kier molecular flexibility index (Phi) is 5.39. The third kappa shape index (κ3) is 3.45. The molecule has 0 unspecified atom stereocenters. The van der Waals surface area contributed by atoms with Crippen molar-refractivity contribution in [2.45, 2.75) is 39.2 Å². The van der Waals surface area contributed by atoms with Gasteiger partial charge in [-0.2, -0.15) is 5.26 Å². The van der Waals surface area contributed by atoms with Gasteiger partial charge >= 0.3 is 0 Å². The van der Waals surface area contributed by atoms with Crippen molar-refractivity contribution in [2.75, 3.05) is 26.2 Å². The first kappa shape index (κ1) is 16.0. The van der Waals surface area contributed by atoms with Crippen LogP contribution < -0.4 is 4.90 Å². The topological polar surface area (TPSA) is 37.5 Å². The molecule has 1 N–H and O–H groups in total. The van der Waals surface area contributed by atoms with E-state index in [1.54, 1.807) is 4.90 Å². The van der Waals surface area contributed by atoms with E-state index in [1.165, 1.54) is 5.56 Å². The van der Waals surface area contributed by atoms with Crippen molar-refractivity contribution in [2.24, 2.45) is 5.92 Å². The van der Waals surface area contributed by atoms with Gasteiger partial charge in [0.2, 0.25) is 0 Å². The van der Waals surface area contributed by atoms with Crippen LogP contribution in [0.15, 0.2) is 24.3 Å². The molecule has 0 spiro atoms. The standard InChI is InChI=1S/C18H26N2O/c1-4-20(5-2)13-15(3)12-18(14-19)17-9-7-6-8-16(17)10-11-21-18/h6-9,15H,4-5,10-13H2,1-3H3/p+1/t15-,18+/m0/s1. The van der Waals surface area contributed by atoms with E-state index in [0.717, 1.165) is 38.0 Å². The first-order valence-corrected chi connectivity index (χ1v) is 8.12. The Hall–Kier alpha value is -1.37. The van der Waals surface area contributed by atoms with Gasteiger partial charge in [-0.3, -0.25) is 0 Å². The van der Waals surface area contributed by atoms with Crippen molar-refractivity contribution in [3.63, 3.8) is 0 Å². The van der Waals surface area contributed by atoms with Crippen LogP contribution in [0.25, 0.3) is 0 Å². The number of ether oxygens (including phenoxy) is 1. The second-order valence-corrected chi connectivity index (χ2v) is 6.16. The number of nitrogens with zero attached hydrogens (tertiary/aromatic N) is 1. The fraction of sp³-hybridized carbons (Fsp3) is 0.611. The highest BCUT2D eigenvalue weighted by Gasteiger charge is 2.39. The molecule has 0 aliphatic carbocycles. The number of rotatable bonds is 6. The Labute approximate surface area is 128 Å². The number of hydrogen-bond donors (Lipinski definition) is 1. The summed E-state index contributed by atoms with van der Waals surface area (Å²) in [6.45, 7) is 10.7. The van der Waals surface area contributed by atoms with Crippen LogP contribution in [-0.4, -0.2) is 26.2 Å². The molecule has 1 heterocycles. The molecule has 0 saturated carbocycles. The van der Waals surface area contributed by atoms with Crippen LogP contribution in [0.4, 0.5) is 0 Å². The molecule has 3 nitrogen and oxygen atoms in total. The zero-order valence-corrected chi connectivity index (χ0v) is 13.5. The molecule has 2 rings (SSSR count). The van der Waals surface area contributed by atoms with Crippen LogP contribution in [-0.2, 0) is 16.8 Å². The molecule has 0 amide bonds. The monoisotopic (exact) mass is 287 g/mol. The molecule has 1 aromatic carbocycles. The summed E-state index contributed by atoms with van der Waals surface area (Å²) < 4.78 is 5.99. The molecule has 114 valence electrons. The number of nitrogens with one attached hydrogen (secondary N) is 1. The third-order valence-electron chi connectivity index (χ3n) is 4.63. The van der Waals surface area contributed by atoms with E-state index in [1.807, 2.05) is 6.07 Å². The van der Waals surface area contributed by atoms with Crippen LogP contribution in [0.2, 0.25) is 0 Å². The number of nitriles is 1.